The van der Waals surface area contributed by atoms with Gasteiger partial charge in [0.05, 0.1) is 10.6 Å². The maximum atomic E-state index is 13.5. The molecule has 3 rings (SSSR count). The molecule has 5 nitrogen and oxygen atoms in total. The summed E-state index contributed by atoms with van der Waals surface area (Å²) >= 11 is 5.95. The third kappa shape index (κ3) is 6.39. The second kappa shape index (κ2) is 10.6. The molecule has 0 aliphatic rings. The molecule has 0 aromatic heterocycles. The van der Waals surface area contributed by atoms with Crippen LogP contribution in [0.25, 0.3) is 0 Å². The molecule has 0 aliphatic heterocycles. The molecule has 3 aromatic rings. The number of nitrogens with zero attached hydrogens (tertiary/aromatic N) is 1. The Morgan fingerprint density at radius 3 is 2.26 bits per heavy atom. The molecule has 0 saturated heterocycles. The van der Waals surface area contributed by atoms with Crippen LogP contribution in [0.15, 0.2) is 83.8 Å². The van der Waals surface area contributed by atoms with Gasteiger partial charge >= 0.3 is 0 Å². The second-order valence-corrected chi connectivity index (χ2v) is 11.5. The first-order valence-electron chi connectivity index (χ1n) is 11.2. The lowest BCUT2D eigenvalue weighted by Crippen LogP contribution is -2.45. The monoisotopic (exact) mass is 498 g/mol. The summed E-state index contributed by atoms with van der Waals surface area (Å²) < 4.78 is 28.1. The maximum absolute atomic E-state index is 13.5. The van der Waals surface area contributed by atoms with E-state index < -0.39 is 10.0 Å². The molecule has 0 radical (unpaired) electrons. The number of anilines is 1. The van der Waals surface area contributed by atoms with E-state index in [-0.39, 0.29) is 28.8 Å². The van der Waals surface area contributed by atoms with E-state index in [9.17, 15) is 13.2 Å². The predicted molar refractivity (Wildman–Crippen MR) is 139 cm³/mol. The highest BCUT2D eigenvalue weighted by atomic mass is 35.5. The number of benzene rings is 3. The van der Waals surface area contributed by atoms with Crippen LogP contribution in [0.3, 0.4) is 0 Å². The average Bonchev–Trinajstić information content (AvgIpc) is 2.78. The number of hydrogen-bond donors (Lipinski definition) is 1. The first-order chi connectivity index (χ1) is 16.0. The summed E-state index contributed by atoms with van der Waals surface area (Å²) in [4.78, 5) is 13.1. The van der Waals surface area contributed by atoms with Crippen LogP contribution < -0.4 is 9.62 Å². The lowest BCUT2D eigenvalue weighted by molar-refractivity contribution is -0.120. The van der Waals surface area contributed by atoms with E-state index in [4.69, 9.17) is 11.6 Å². The molecule has 0 heterocycles. The largest absolute Gasteiger partial charge is 0.352 e. The first-order valence-corrected chi connectivity index (χ1v) is 13.0. The average molecular weight is 499 g/mol. The highest BCUT2D eigenvalue weighted by molar-refractivity contribution is 7.92. The molecular formula is C27H31ClN2O3S. The molecule has 3 aromatic carbocycles. The van der Waals surface area contributed by atoms with Crippen molar-refractivity contribution >= 4 is 33.2 Å². The third-order valence-electron chi connectivity index (χ3n) is 5.76. The minimum absolute atomic E-state index is 0.0736. The van der Waals surface area contributed by atoms with E-state index >= 15 is 0 Å². The van der Waals surface area contributed by atoms with Crippen molar-refractivity contribution in [2.75, 3.05) is 10.8 Å². The van der Waals surface area contributed by atoms with Gasteiger partial charge in [-0.25, -0.2) is 8.42 Å². The molecule has 0 bridgehead atoms. The molecule has 0 fully saturated rings. The Balaban J connectivity index is 1.81. The zero-order valence-electron chi connectivity index (χ0n) is 20.0. The topological polar surface area (TPSA) is 66.5 Å². The fraction of sp³-hybridized carbons (Fsp3) is 0.296. The number of hydrogen-bond acceptors (Lipinski definition) is 3. The van der Waals surface area contributed by atoms with E-state index in [1.165, 1.54) is 29.8 Å². The summed E-state index contributed by atoms with van der Waals surface area (Å²) in [5.74, 6) is -0.365. The summed E-state index contributed by atoms with van der Waals surface area (Å²) in [6.45, 7) is 7.76. The smallest absolute Gasteiger partial charge is 0.264 e. The summed E-state index contributed by atoms with van der Waals surface area (Å²) in [7, 11) is -3.98. The molecule has 0 aliphatic carbocycles. The van der Waals surface area contributed by atoms with E-state index in [0.29, 0.717) is 17.1 Å². The van der Waals surface area contributed by atoms with Crippen molar-refractivity contribution in [3.05, 3.63) is 95.0 Å². The molecule has 34 heavy (non-hydrogen) atoms. The molecule has 0 saturated carbocycles. The van der Waals surface area contributed by atoms with Crippen molar-refractivity contribution < 1.29 is 13.2 Å². The summed E-state index contributed by atoms with van der Waals surface area (Å²) in [5.41, 5.74) is 2.36. The van der Waals surface area contributed by atoms with Crippen molar-refractivity contribution in [2.24, 2.45) is 0 Å². The van der Waals surface area contributed by atoms with Gasteiger partial charge < -0.3 is 5.32 Å². The lowest BCUT2D eigenvalue weighted by Gasteiger charge is -2.30. The Labute approximate surface area is 207 Å². The van der Waals surface area contributed by atoms with Crippen LogP contribution in [-0.4, -0.2) is 26.9 Å². The van der Waals surface area contributed by atoms with Crippen LogP contribution in [-0.2, 0) is 20.2 Å². The third-order valence-corrected chi connectivity index (χ3v) is 7.80. The van der Waals surface area contributed by atoms with Crippen LogP contribution >= 0.6 is 11.6 Å². The van der Waals surface area contributed by atoms with Gasteiger partial charge in [-0.2, -0.15) is 0 Å². The van der Waals surface area contributed by atoms with E-state index in [1.807, 2.05) is 38.1 Å². The number of sulfonamides is 1. The van der Waals surface area contributed by atoms with Crippen LogP contribution in [0.2, 0.25) is 5.02 Å². The molecular weight excluding hydrogens is 468 g/mol. The summed E-state index contributed by atoms with van der Waals surface area (Å²) in [5, 5.41) is 3.43. The summed E-state index contributed by atoms with van der Waals surface area (Å²) in [6, 6.07) is 23.0. The zero-order chi connectivity index (χ0) is 24.9. The van der Waals surface area contributed by atoms with Gasteiger partial charge in [-0.3, -0.25) is 9.10 Å². The Kier molecular flexibility index (Phi) is 8.05. The van der Waals surface area contributed by atoms with Crippen molar-refractivity contribution in [2.45, 2.75) is 50.5 Å². The molecule has 1 atom stereocenters. The van der Waals surface area contributed by atoms with Crippen molar-refractivity contribution in [3.8, 4) is 0 Å². The molecule has 1 N–H and O–H groups in total. The maximum Gasteiger partial charge on any atom is 0.264 e. The fourth-order valence-corrected chi connectivity index (χ4v) is 5.65. The number of halogens is 1. The normalized spacial score (nSPS) is 12.7. The Hall–Kier alpha value is -2.83. The van der Waals surface area contributed by atoms with Gasteiger partial charge in [0.15, 0.2) is 0 Å². The predicted octanol–water partition coefficient (Wildman–Crippen LogP) is 5.72. The Bertz CT molecular complexity index is 1230. The minimum Gasteiger partial charge on any atom is -0.352 e. The van der Waals surface area contributed by atoms with Crippen LogP contribution in [0.1, 0.15) is 38.3 Å². The lowest BCUT2D eigenvalue weighted by atomic mass is 9.79. The fourth-order valence-electron chi connectivity index (χ4n) is 4.11. The van der Waals surface area contributed by atoms with Gasteiger partial charge in [-0.1, -0.05) is 67.9 Å². The number of amides is 1. The number of nitrogens with one attached hydrogen (secondary N) is 1. The molecule has 1 amide bonds. The quantitative estimate of drug-likeness (QED) is 0.410. The summed E-state index contributed by atoms with van der Waals surface area (Å²) in [6.07, 6.45) is 0.705. The molecule has 1 unspecified atom stereocenters. The molecule has 180 valence electrons. The van der Waals surface area contributed by atoms with Gasteiger partial charge in [-0.15, -0.1) is 0 Å². The number of carbonyl (C=O) groups is 1. The zero-order valence-corrected chi connectivity index (χ0v) is 21.5. The van der Waals surface area contributed by atoms with Crippen LogP contribution in [0.4, 0.5) is 5.69 Å². The van der Waals surface area contributed by atoms with Crippen LogP contribution in [0.5, 0.6) is 0 Å². The first kappa shape index (κ1) is 25.8. The molecule has 0 spiro atoms. The SMILES string of the molecule is Cc1cccc(N(CC(=O)NC(C)CC(C)(C)c2ccccc2)S(=O)(=O)c2ccc(Cl)cc2)c1. The number of rotatable bonds is 9. The molecule has 7 heteroatoms. The van der Waals surface area contributed by atoms with Crippen LogP contribution in [0, 0.1) is 6.92 Å². The van der Waals surface area contributed by atoms with Crippen molar-refractivity contribution in [3.63, 3.8) is 0 Å². The second-order valence-electron chi connectivity index (χ2n) is 9.23. The number of carbonyl (C=O) groups excluding carboxylic acids is 1. The van der Waals surface area contributed by atoms with Gasteiger partial charge in [0, 0.05) is 11.1 Å². The minimum atomic E-state index is -3.98. The van der Waals surface area contributed by atoms with E-state index in [1.54, 1.807) is 18.2 Å². The van der Waals surface area contributed by atoms with E-state index in [2.05, 4.69) is 31.3 Å². The van der Waals surface area contributed by atoms with Crippen molar-refractivity contribution in [1.82, 2.24) is 5.32 Å². The Morgan fingerprint density at radius 1 is 1.00 bits per heavy atom. The van der Waals surface area contributed by atoms with Gasteiger partial charge in [-0.05, 0) is 73.2 Å². The Morgan fingerprint density at radius 2 is 1.65 bits per heavy atom. The van der Waals surface area contributed by atoms with Gasteiger partial charge in [0.2, 0.25) is 5.91 Å². The standard InChI is InChI=1S/C27H31ClN2O3S/c1-20-9-8-12-24(17-20)30(34(32,33)25-15-13-23(28)14-16-25)19-26(31)29-21(2)18-27(3,4)22-10-6-5-7-11-22/h5-17,21H,18-19H2,1-4H3,(H,29,31). The van der Waals surface area contributed by atoms with Gasteiger partial charge in [0.1, 0.15) is 6.54 Å². The van der Waals surface area contributed by atoms with E-state index in [0.717, 1.165) is 9.87 Å². The van der Waals surface area contributed by atoms with Crippen molar-refractivity contribution in [1.29, 1.82) is 0 Å². The van der Waals surface area contributed by atoms with Gasteiger partial charge in [0.25, 0.3) is 10.0 Å². The number of aryl methyl sites for hydroxylation is 1. The highest BCUT2D eigenvalue weighted by Crippen LogP contribution is 2.29. The highest BCUT2D eigenvalue weighted by Gasteiger charge is 2.29.